The van der Waals surface area contributed by atoms with Gasteiger partial charge in [-0.3, -0.25) is 4.98 Å². The quantitative estimate of drug-likeness (QED) is 0.893. The maximum Gasteiger partial charge on any atom is 0.243 e. The number of nitrogens with one attached hydrogen (secondary N) is 1. The zero-order chi connectivity index (χ0) is 12.3. The van der Waals surface area contributed by atoms with Gasteiger partial charge in [0, 0.05) is 25.5 Å². The first-order valence-electron chi connectivity index (χ1n) is 5.26. The third-order valence-corrected chi connectivity index (χ3v) is 4.50. The van der Waals surface area contributed by atoms with Crippen LogP contribution < -0.4 is 4.72 Å². The average molecular weight is 277 g/mol. The summed E-state index contributed by atoms with van der Waals surface area (Å²) >= 11 is 5.82. The molecule has 0 spiro atoms. The van der Waals surface area contributed by atoms with E-state index in [0.29, 0.717) is 19.8 Å². The van der Waals surface area contributed by atoms with Gasteiger partial charge >= 0.3 is 0 Å². The van der Waals surface area contributed by atoms with Crippen LogP contribution in [-0.2, 0) is 14.8 Å². The Bertz CT molecular complexity index is 486. The van der Waals surface area contributed by atoms with Gasteiger partial charge in [-0.05, 0) is 18.4 Å². The molecule has 1 saturated heterocycles. The molecule has 0 radical (unpaired) electrons. The minimum atomic E-state index is -3.58. The minimum absolute atomic E-state index is 0.0144. The lowest BCUT2D eigenvalue weighted by molar-refractivity contribution is 0.186. The van der Waals surface area contributed by atoms with Crippen molar-refractivity contribution in [2.75, 3.05) is 19.8 Å². The van der Waals surface area contributed by atoms with E-state index in [-0.39, 0.29) is 15.8 Å². The van der Waals surface area contributed by atoms with Gasteiger partial charge in [0.05, 0.1) is 11.6 Å². The van der Waals surface area contributed by atoms with Gasteiger partial charge in [0.2, 0.25) is 10.0 Å². The second kappa shape index (κ2) is 5.30. The Kier molecular flexibility index (Phi) is 3.98. The van der Waals surface area contributed by atoms with E-state index in [1.807, 2.05) is 0 Å². The molecule has 1 aliphatic heterocycles. The van der Waals surface area contributed by atoms with Crippen molar-refractivity contribution >= 4 is 21.6 Å². The zero-order valence-corrected chi connectivity index (χ0v) is 10.7. The predicted molar refractivity (Wildman–Crippen MR) is 63.4 cm³/mol. The lowest BCUT2D eigenvalue weighted by Gasteiger charge is -2.10. The van der Waals surface area contributed by atoms with Crippen LogP contribution in [0.5, 0.6) is 0 Å². The molecule has 0 aromatic carbocycles. The Morgan fingerprint density at radius 1 is 1.59 bits per heavy atom. The van der Waals surface area contributed by atoms with Crippen molar-refractivity contribution in [3.8, 4) is 0 Å². The summed E-state index contributed by atoms with van der Waals surface area (Å²) in [5.74, 6) is 0.236. The van der Waals surface area contributed by atoms with Gasteiger partial charge in [-0.15, -0.1) is 0 Å². The van der Waals surface area contributed by atoms with Crippen LogP contribution >= 0.6 is 11.6 Å². The van der Waals surface area contributed by atoms with Crippen molar-refractivity contribution in [1.29, 1.82) is 0 Å². The van der Waals surface area contributed by atoms with Crippen molar-refractivity contribution in [3.05, 3.63) is 23.5 Å². The second-order valence-corrected chi connectivity index (χ2v) is 6.03. The second-order valence-electron chi connectivity index (χ2n) is 3.89. The van der Waals surface area contributed by atoms with E-state index in [1.165, 1.54) is 18.5 Å². The molecule has 1 unspecified atom stereocenters. The van der Waals surface area contributed by atoms with Gasteiger partial charge in [0.15, 0.2) is 0 Å². The first-order valence-corrected chi connectivity index (χ1v) is 7.12. The monoisotopic (exact) mass is 276 g/mol. The molecular weight excluding hydrogens is 264 g/mol. The summed E-state index contributed by atoms with van der Waals surface area (Å²) in [7, 11) is -3.58. The summed E-state index contributed by atoms with van der Waals surface area (Å²) in [6, 6.07) is 1.45. The third-order valence-electron chi connectivity index (χ3n) is 2.61. The summed E-state index contributed by atoms with van der Waals surface area (Å²) in [6.07, 6.45) is 3.57. The molecule has 1 fully saturated rings. The fraction of sp³-hybridized carbons (Fsp3) is 0.500. The molecule has 0 bridgehead atoms. The fourth-order valence-corrected chi connectivity index (χ4v) is 3.16. The molecule has 17 heavy (non-hydrogen) atoms. The predicted octanol–water partition coefficient (Wildman–Crippen LogP) is 1.05. The molecule has 2 rings (SSSR count). The first-order chi connectivity index (χ1) is 8.09. The van der Waals surface area contributed by atoms with Gasteiger partial charge in [0.25, 0.3) is 0 Å². The number of rotatable bonds is 4. The van der Waals surface area contributed by atoms with E-state index in [0.717, 1.165) is 6.42 Å². The number of ether oxygens (including phenoxy) is 1. The molecule has 94 valence electrons. The summed E-state index contributed by atoms with van der Waals surface area (Å²) < 4.78 is 31.6. The summed E-state index contributed by atoms with van der Waals surface area (Å²) in [5, 5.41) is 0.176. The van der Waals surface area contributed by atoms with Crippen LogP contribution in [0.15, 0.2) is 23.4 Å². The van der Waals surface area contributed by atoms with Gasteiger partial charge < -0.3 is 4.74 Å². The Morgan fingerprint density at radius 2 is 2.41 bits per heavy atom. The van der Waals surface area contributed by atoms with Crippen molar-refractivity contribution in [2.24, 2.45) is 5.92 Å². The van der Waals surface area contributed by atoms with Gasteiger partial charge in [-0.25, -0.2) is 13.1 Å². The van der Waals surface area contributed by atoms with Crippen LogP contribution in [0.1, 0.15) is 6.42 Å². The van der Waals surface area contributed by atoms with E-state index in [2.05, 4.69) is 9.71 Å². The molecule has 0 amide bonds. The molecule has 0 aliphatic carbocycles. The van der Waals surface area contributed by atoms with Gasteiger partial charge in [0.1, 0.15) is 4.90 Å². The number of hydrogen-bond donors (Lipinski definition) is 1. The molecule has 2 heterocycles. The Hall–Kier alpha value is -0.690. The van der Waals surface area contributed by atoms with Crippen LogP contribution in [0.2, 0.25) is 5.02 Å². The lowest BCUT2D eigenvalue weighted by atomic mass is 10.1. The van der Waals surface area contributed by atoms with Crippen molar-refractivity contribution < 1.29 is 13.2 Å². The molecule has 1 atom stereocenters. The van der Waals surface area contributed by atoms with E-state index in [9.17, 15) is 8.42 Å². The minimum Gasteiger partial charge on any atom is -0.381 e. The Balaban J connectivity index is 2.06. The van der Waals surface area contributed by atoms with Crippen molar-refractivity contribution in [3.63, 3.8) is 0 Å². The number of nitrogens with zero attached hydrogens (tertiary/aromatic N) is 1. The standard InChI is InChI=1S/C10H13ClN2O3S/c11-9-1-3-12-6-10(9)17(14,15)13-5-8-2-4-16-7-8/h1,3,6,8,13H,2,4-5,7H2. The van der Waals surface area contributed by atoms with Gasteiger partial charge in [-0.2, -0.15) is 0 Å². The van der Waals surface area contributed by atoms with Crippen LogP contribution in [-0.4, -0.2) is 33.2 Å². The molecule has 5 nitrogen and oxygen atoms in total. The normalized spacial score (nSPS) is 20.6. The van der Waals surface area contributed by atoms with Gasteiger partial charge in [-0.1, -0.05) is 11.6 Å². The molecule has 0 saturated carbocycles. The number of sulfonamides is 1. The molecule has 7 heteroatoms. The lowest BCUT2D eigenvalue weighted by Crippen LogP contribution is -2.29. The molecule has 1 aliphatic rings. The Morgan fingerprint density at radius 3 is 3.06 bits per heavy atom. The molecule has 1 aromatic heterocycles. The maximum absolute atomic E-state index is 11.9. The highest BCUT2D eigenvalue weighted by Crippen LogP contribution is 2.19. The number of halogens is 1. The number of hydrogen-bond acceptors (Lipinski definition) is 4. The number of pyridine rings is 1. The van der Waals surface area contributed by atoms with Crippen LogP contribution in [0.3, 0.4) is 0 Å². The highest BCUT2D eigenvalue weighted by Gasteiger charge is 2.21. The first kappa shape index (κ1) is 12.8. The average Bonchev–Trinajstić information content (AvgIpc) is 2.80. The highest BCUT2D eigenvalue weighted by molar-refractivity contribution is 7.89. The largest absolute Gasteiger partial charge is 0.381 e. The van der Waals surface area contributed by atoms with E-state index < -0.39 is 10.0 Å². The van der Waals surface area contributed by atoms with Crippen molar-refractivity contribution in [2.45, 2.75) is 11.3 Å². The number of aromatic nitrogens is 1. The zero-order valence-electron chi connectivity index (χ0n) is 9.10. The Labute approximate surface area is 105 Å². The van der Waals surface area contributed by atoms with E-state index in [4.69, 9.17) is 16.3 Å². The van der Waals surface area contributed by atoms with E-state index >= 15 is 0 Å². The van der Waals surface area contributed by atoms with E-state index in [1.54, 1.807) is 0 Å². The summed E-state index contributed by atoms with van der Waals surface area (Å²) in [5.41, 5.74) is 0. The molecular formula is C10H13ClN2O3S. The SMILES string of the molecule is O=S(=O)(NCC1CCOC1)c1cnccc1Cl. The highest BCUT2D eigenvalue weighted by atomic mass is 35.5. The topological polar surface area (TPSA) is 68.3 Å². The maximum atomic E-state index is 11.9. The third kappa shape index (κ3) is 3.16. The molecule has 1 N–H and O–H groups in total. The molecule has 1 aromatic rings. The smallest absolute Gasteiger partial charge is 0.243 e. The van der Waals surface area contributed by atoms with Crippen LogP contribution in [0, 0.1) is 5.92 Å². The fourth-order valence-electron chi connectivity index (χ4n) is 1.61. The van der Waals surface area contributed by atoms with Crippen LogP contribution in [0.4, 0.5) is 0 Å². The van der Waals surface area contributed by atoms with Crippen LogP contribution in [0.25, 0.3) is 0 Å². The summed E-state index contributed by atoms with van der Waals surface area (Å²) in [4.78, 5) is 3.78. The van der Waals surface area contributed by atoms with Crippen molar-refractivity contribution in [1.82, 2.24) is 9.71 Å². The summed E-state index contributed by atoms with van der Waals surface area (Å²) in [6.45, 7) is 1.66.